The molecule has 0 saturated carbocycles. The van der Waals surface area contributed by atoms with Crippen molar-refractivity contribution in [1.29, 1.82) is 0 Å². The molecule has 2 N–H and O–H groups in total. The van der Waals surface area contributed by atoms with Crippen molar-refractivity contribution in [3.63, 3.8) is 0 Å². The Bertz CT molecular complexity index is 985. The second kappa shape index (κ2) is 9.80. The quantitative estimate of drug-likeness (QED) is 0.639. The Morgan fingerprint density at radius 2 is 1.74 bits per heavy atom. The minimum Gasteiger partial charge on any atom is -0.377 e. The van der Waals surface area contributed by atoms with Crippen molar-refractivity contribution in [3.05, 3.63) is 65.2 Å². The summed E-state index contributed by atoms with van der Waals surface area (Å²) in [5.41, 5.74) is 0.220. The van der Waals surface area contributed by atoms with Crippen molar-refractivity contribution in [2.24, 2.45) is 0 Å². The van der Waals surface area contributed by atoms with Crippen LogP contribution in [0.3, 0.4) is 0 Å². The SMILES string of the molecule is O=C(NCCc1ccc(C(F)(F)F)cc1)c1ccc(S(=O)(=O)NCC2CCCO2)cc1. The summed E-state index contributed by atoms with van der Waals surface area (Å²) in [6.07, 6.45) is -2.41. The van der Waals surface area contributed by atoms with Crippen LogP contribution in [0.4, 0.5) is 13.2 Å². The van der Waals surface area contributed by atoms with E-state index >= 15 is 0 Å². The molecule has 3 rings (SSSR count). The molecule has 1 fully saturated rings. The fourth-order valence-corrected chi connectivity index (χ4v) is 4.23. The molecule has 0 spiro atoms. The molecule has 1 saturated heterocycles. The summed E-state index contributed by atoms with van der Waals surface area (Å²) in [4.78, 5) is 12.3. The second-order valence-electron chi connectivity index (χ2n) is 7.21. The van der Waals surface area contributed by atoms with Gasteiger partial charge in [0.2, 0.25) is 10.0 Å². The average Bonchev–Trinajstić information content (AvgIpc) is 3.26. The van der Waals surface area contributed by atoms with Gasteiger partial charge in [-0.1, -0.05) is 12.1 Å². The summed E-state index contributed by atoms with van der Waals surface area (Å²) in [5.74, 6) is -0.400. The van der Waals surface area contributed by atoms with E-state index in [9.17, 15) is 26.4 Å². The normalized spacial score (nSPS) is 16.9. The number of benzene rings is 2. The summed E-state index contributed by atoms with van der Waals surface area (Å²) < 4.78 is 70.3. The van der Waals surface area contributed by atoms with Crippen molar-refractivity contribution in [2.75, 3.05) is 19.7 Å². The van der Waals surface area contributed by atoms with E-state index in [1.54, 1.807) is 0 Å². The Balaban J connectivity index is 1.49. The zero-order chi connectivity index (χ0) is 22.5. The molecule has 0 bridgehead atoms. The molecule has 6 nitrogen and oxygen atoms in total. The third-order valence-electron chi connectivity index (χ3n) is 4.93. The van der Waals surface area contributed by atoms with Crippen LogP contribution in [0.1, 0.15) is 34.3 Å². The minimum atomic E-state index is -4.38. The summed E-state index contributed by atoms with van der Waals surface area (Å²) >= 11 is 0. The van der Waals surface area contributed by atoms with Crippen molar-refractivity contribution in [3.8, 4) is 0 Å². The lowest BCUT2D eigenvalue weighted by molar-refractivity contribution is -0.137. The van der Waals surface area contributed by atoms with Gasteiger partial charge in [0.05, 0.1) is 16.6 Å². The monoisotopic (exact) mass is 456 g/mol. The van der Waals surface area contributed by atoms with Gasteiger partial charge in [-0.25, -0.2) is 13.1 Å². The van der Waals surface area contributed by atoms with E-state index in [2.05, 4.69) is 10.0 Å². The Morgan fingerprint density at radius 3 is 2.32 bits per heavy atom. The molecule has 1 aliphatic rings. The molecule has 2 aromatic rings. The van der Waals surface area contributed by atoms with E-state index in [1.165, 1.54) is 36.4 Å². The van der Waals surface area contributed by atoms with Crippen LogP contribution in [-0.2, 0) is 27.4 Å². The predicted octanol–water partition coefficient (Wildman–Crippen LogP) is 3.14. The van der Waals surface area contributed by atoms with Gasteiger partial charge in [-0.2, -0.15) is 13.2 Å². The van der Waals surface area contributed by atoms with E-state index in [4.69, 9.17) is 4.74 Å². The van der Waals surface area contributed by atoms with E-state index in [1.807, 2.05) is 0 Å². The molecule has 1 unspecified atom stereocenters. The van der Waals surface area contributed by atoms with E-state index in [-0.39, 0.29) is 29.7 Å². The van der Waals surface area contributed by atoms with Crippen LogP contribution >= 0.6 is 0 Å². The van der Waals surface area contributed by atoms with Crippen molar-refractivity contribution in [2.45, 2.75) is 36.4 Å². The van der Waals surface area contributed by atoms with Gasteiger partial charge in [-0.15, -0.1) is 0 Å². The number of halogens is 3. The summed E-state index contributed by atoms with van der Waals surface area (Å²) in [6, 6.07) is 10.3. The van der Waals surface area contributed by atoms with E-state index in [0.717, 1.165) is 25.0 Å². The highest BCUT2D eigenvalue weighted by Crippen LogP contribution is 2.29. The number of rotatable bonds is 8. The largest absolute Gasteiger partial charge is 0.416 e. The molecular formula is C21H23F3N2O4S. The molecule has 1 aliphatic heterocycles. The highest BCUT2D eigenvalue weighted by Gasteiger charge is 2.29. The lowest BCUT2D eigenvalue weighted by Crippen LogP contribution is -2.32. The minimum absolute atomic E-state index is 0.0480. The summed E-state index contributed by atoms with van der Waals surface area (Å²) in [7, 11) is -3.70. The van der Waals surface area contributed by atoms with Crippen LogP contribution in [0.5, 0.6) is 0 Å². The van der Waals surface area contributed by atoms with Crippen molar-refractivity contribution in [1.82, 2.24) is 10.0 Å². The molecule has 10 heteroatoms. The predicted molar refractivity (Wildman–Crippen MR) is 108 cm³/mol. The number of nitrogens with one attached hydrogen (secondary N) is 2. The molecule has 1 atom stereocenters. The molecule has 0 aliphatic carbocycles. The van der Waals surface area contributed by atoms with Crippen LogP contribution in [0, 0.1) is 0 Å². The maximum absolute atomic E-state index is 12.6. The summed E-state index contributed by atoms with van der Waals surface area (Å²) in [6.45, 7) is 1.07. The molecule has 0 aromatic heterocycles. The first-order valence-electron chi connectivity index (χ1n) is 9.81. The average molecular weight is 456 g/mol. The number of sulfonamides is 1. The Kier molecular flexibility index (Phi) is 7.34. The first kappa shape index (κ1) is 23.2. The smallest absolute Gasteiger partial charge is 0.377 e. The highest BCUT2D eigenvalue weighted by molar-refractivity contribution is 7.89. The zero-order valence-corrected chi connectivity index (χ0v) is 17.4. The molecule has 2 aromatic carbocycles. The van der Waals surface area contributed by atoms with Crippen LogP contribution in [-0.4, -0.2) is 40.1 Å². The third-order valence-corrected chi connectivity index (χ3v) is 6.37. The van der Waals surface area contributed by atoms with Crippen LogP contribution < -0.4 is 10.0 Å². The van der Waals surface area contributed by atoms with Gasteiger partial charge in [0.1, 0.15) is 0 Å². The van der Waals surface area contributed by atoms with Crippen molar-refractivity contribution >= 4 is 15.9 Å². The van der Waals surface area contributed by atoms with E-state index in [0.29, 0.717) is 18.6 Å². The Morgan fingerprint density at radius 1 is 1.06 bits per heavy atom. The van der Waals surface area contributed by atoms with Gasteiger partial charge in [-0.05, 0) is 61.2 Å². The third kappa shape index (κ3) is 6.52. The number of carbonyl (C=O) groups is 1. The Hall–Kier alpha value is -2.43. The second-order valence-corrected chi connectivity index (χ2v) is 8.98. The molecule has 168 valence electrons. The highest BCUT2D eigenvalue weighted by atomic mass is 32.2. The first-order valence-corrected chi connectivity index (χ1v) is 11.3. The molecule has 1 amide bonds. The maximum atomic E-state index is 12.6. The number of hydrogen-bond donors (Lipinski definition) is 2. The van der Waals surface area contributed by atoms with Crippen LogP contribution in [0.25, 0.3) is 0 Å². The topological polar surface area (TPSA) is 84.5 Å². The van der Waals surface area contributed by atoms with Gasteiger partial charge < -0.3 is 10.1 Å². The number of amides is 1. The van der Waals surface area contributed by atoms with Gasteiger partial charge in [-0.3, -0.25) is 4.79 Å². The number of hydrogen-bond acceptors (Lipinski definition) is 4. The molecular weight excluding hydrogens is 433 g/mol. The van der Waals surface area contributed by atoms with Gasteiger partial charge in [0.15, 0.2) is 0 Å². The van der Waals surface area contributed by atoms with Gasteiger partial charge >= 0.3 is 6.18 Å². The van der Waals surface area contributed by atoms with Crippen LogP contribution in [0.2, 0.25) is 0 Å². The fourth-order valence-electron chi connectivity index (χ4n) is 3.16. The zero-order valence-electron chi connectivity index (χ0n) is 16.6. The first-order chi connectivity index (χ1) is 14.6. The number of carbonyl (C=O) groups excluding carboxylic acids is 1. The molecule has 31 heavy (non-hydrogen) atoms. The maximum Gasteiger partial charge on any atom is 0.416 e. The van der Waals surface area contributed by atoms with Crippen LogP contribution in [0.15, 0.2) is 53.4 Å². The lowest BCUT2D eigenvalue weighted by Gasteiger charge is -2.12. The molecule has 0 radical (unpaired) electrons. The van der Waals surface area contributed by atoms with Gasteiger partial charge in [0, 0.05) is 25.3 Å². The lowest BCUT2D eigenvalue weighted by atomic mass is 10.1. The standard InChI is InChI=1S/C21H23F3N2O4S/c22-21(23,24)17-7-3-15(4-8-17)11-12-25-20(27)16-5-9-19(10-6-16)31(28,29)26-14-18-2-1-13-30-18/h3-10,18,26H,1-2,11-14H2,(H,25,27). The number of ether oxygens (including phenoxy) is 1. The molecule has 1 heterocycles. The van der Waals surface area contributed by atoms with E-state index < -0.39 is 27.7 Å². The van der Waals surface area contributed by atoms with Crippen molar-refractivity contribution < 1.29 is 31.1 Å². The number of alkyl halides is 3. The fraction of sp³-hybridized carbons (Fsp3) is 0.381. The summed E-state index contributed by atoms with van der Waals surface area (Å²) in [5, 5.41) is 2.67. The Labute approximate surface area is 178 Å². The van der Waals surface area contributed by atoms with Gasteiger partial charge in [0.25, 0.3) is 5.91 Å².